The number of hydrogen-bond donors (Lipinski definition) is 1. The summed E-state index contributed by atoms with van der Waals surface area (Å²) in [7, 11) is 0. The number of morpholine rings is 1. The SMILES string of the molecule is O=C(C1CNCCO1)N1CCc2ccc([N+](=O)[O-])cc21. The van der Waals surface area contributed by atoms with E-state index in [9.17, 15) is 14.9 Å². The van der Waals surface area contributed by atoms with Crippen LogP contribution in [0.25, 0.3) is 0 Å². The molecule has 7 heteroatoms. The third-order valence-corrected chi connectivity index (χ3v) is 3.64. The summed E-state index contributed by atoms with van der Waals surface area (Å²) in [5, 5.41) is 14.0. The summed E-state index contributed by atoms with van der Waals surface area (Å²) in [6, 6.07) is 4.67. The maximum absolute atomic E-state index is 12.4. The van der Waals surface area contributed by atoms with Gasteiger partial charge in [0.25, 0.3) is 11.6 Å². The lowest BCUT2D eigenvalue weighted by Crippen LogP contribution is -2.49. The van der Waals surface area contributed by atoms with Gasteiger partial charge < -0.3 is 15.0 Å². The number of nitrogens with one attached hydrogen (secondary N) is 1. The van der Waals surface area contributed by atoms with Crippen LogP contribution >= 0.6 is 0 Å². The van der Waals surface area contributed by atoms with E-state index < -0.39 is 11.0 Å². The second kappa shape index (κ2) is 5.18. The quantitative estimate of drug-likeness (QED) is 0.627. The molecule has 2 aliphatic heterocycles. The molecule has 20 heavy (non-hydrogen) atoms. The molecule has 2 heterocycles. The van der Waals surface area contributed by atoms with Gasteiger partial charge in [0.2, 0.25) is 0 Å². The number of benzene rings is 1. The Morgan fingerprint density at radius 3 is 3.05 bits per heavy atom. The van der Waals surface area contributed by atoms with Crippen molar-refractivity contribution in [2.24, 2.45) is 0 Å². The van der Waals surface area contributed by atoms with E-state index in [0.29, 0.717) is 25.4 Å². The lowest BCUT2D eigenvalue weighted by Gasteiger charge is -2.27. The number of anilines is 1. The smallest absolute Gasteiger partial charge is 0.271 e. The molecule has 1 amide bonds. The van der Waals surface area contributed by atoms with Crippen molar-refractivity contribution < 1.29 is 14.5 Å². The maximum Gasteiger partial charge on any atom is 0.271 e. The third-order valence-electron chi connectivity index (χ3n) is 3.64. The largest absolute Gasteiger partial charge is 0.366 e. The minimum absolute atomic E-state index is 0.00568. The number of carbonyl (C=O) groups excluding carboxylic acids is 1. The first kappa shape index (κ1) is 13.0. The summed E-state index contributed by atoms with van der Waals surface area (Å²) in [6.45, 7) is 2.28. The first-order valence-corrected chi connectivity index (χ1v) is 6.58. The molecule has 0 aromatic heterocycles. The van der Waals surface area contributed by atoms with Crippen LogP contribution in [-0.4, -0.2) is 43.2 Å². The van der Waals surface area contributed by atoms with Gasteiger partial charge in [0.05, 0.1) is 17.2 Å². The van der Waals surface area contributed by atoms with Gasteiger partial charge in [-0.3, -0.25) is 14.9 Å². The minimum atomic E-state index is -0.506. The lowest BCUT2D eigenvalue weighted by molar-refractivity contribution is -0.384. The van der Waals surface area contributed by atoms with E-state index in [1.54, 1.807) is 11.0 Å². The highest BCUT2D eigenvalue weighted by molar-refractivity contribution is 5.99. The Morgan fingerprint density at radius 1 is 1.50 bits per heavy atom. The molecule has 0 spiro atoms. The minimum Gasteiger partial charge on any atom is -0.366 e. The van der Waals surface area contributed by atoms with Gasteiger partial charge in [-0.05, 0) is 12.0 Å². The molecule has 1 N–H and O–H groups in total. The highest BCUT2D eigenvalue weighted by Crippen LogP contribution is 2.32. The molecule has 1 aromatic rings. The number of amides is 1. The van der Waals surface area contributed by atoms with E-state index in [0.717, 1.165) is 18.5 Å². The Labute approximate surface area is 115 Å². The molecule has 106 valence electrons. The van der Waals surface area contributed by atoms with Crippen molar-refractivity contribution in [1.82, 2.24) is 5.32 Å². The molecular formula is C13H15N3O4. The van der Waals surface area contributed by atoms with Crippen molar-refractivity contribution in [2.45, 2.75) is 12.5 Å². The van der Waals surface area contributed by atoms with Gasteiger partial charge >= 0.3 is 0 Å². The highest BCUT2D eigenvalue weighted by atomic mass is 16.6. The molecule has 0 saturated carbocycles. The summed E-state index contributed by atoms with van der Waals surface area (Å²) < 4.78 is 5.46. The Morgan fingerprint density at radius 2 is 2.35 bits per heavy atom. The van der Waals surface area contributed by atoms with Crippen LogP contribution in [0.15, 0.2) is 18.2 Å². The average Bonchev–Trinajstić information content (AvgIpc) is 2.90. The predicted octanol–water partition coefficient (Wildman–Crippen LogP) is 0.472. The zero-order chi connectivity index (χ0) is 14.1. The van der Waals surface area contributed by atoms with Gasteiger partial charge in [0.15, 0.2) is 0 Å². The summed E-state index contributed by atoms with van der Waals surface area (Å²) in [5.74, 6) is -0.128. The summed E-state index contributed by atoms with van der Waals surface area (Å²) in [4.78, 5) is 24.4. The van der Waals surface area contributed by atoms with Gasteiger partial charge in [-0.2, -0.15) is 0 Å². The van der Waals surface area contributed by atoms with Crippen LogP contribution in [0, 0.1) is 10.1 Å². The number of hydrogen-bond acceptors (Lipinski definition) is 5. The number of ether oxygens (including phenoxy) is 1. The fourth-order valence-electron chi connectivity index (χ4n) is 2.61. The zero-order valence-electron chi connectivity index (χ0n) is 10.9. The molecule has 7 nitrogen and oxygen atoms in total. The molecule has 0 radical (unpaired) electrons. The molecule has 1 atom stereocenters. The van der Waals surface area contributed by atoms with E-state index in [-0.39, 0.29) is 11.6 Å². The number of nitro benzene ring substituents is 1. The number of fused-ring (bicyclic) bond motifs is 1. The number of non-ortho nitro benzene ring substituents is 1. The fourth-order valence-corrected chi connectivity index (χ4v) is 2.61. The Bertz CT molecular complexity index is 555. The monoisotopic (exact) mass is 277 g/mol. The number of rotatable bonds is 2. The Hall–Kier alpha value is -1.99. The average molecular weight is 277 g/mol. The molecule has 0 bridgehead atoms. The Balaban J connectivity index is 1.85. The highest BCUT2D eigenvalue weighted by Gasteiger charge is 2.32. The molecule has 1 saturated heterocycles. The standard InChI is InChI=1S/C13H15N3O4/c17-13(12-8-14-4-6-20-12)15-5-3-9-1-2-10(16(18)19)7-11(9)15/h1-2,7,12,14H,3-6,8H2. The zero-order valence-corrected chi connectivity index (χ0v) is 10.9. The van der Waals surface area contributed by atoms with E-state index in [2.05, 4.69) is 5.32 Å². The molecular weight excluding hydrogens is 262 g/mol. The molecule has 1 fully saturated rings. The van der Waals surface area contributed by atoms with Crippen LogP contribution in [0.3, 0.4) is 0 Å². The molecule has 2 aliphatic rings. The van der Waals surface area contributed by atoms with Crippen molar-refractivity contribution in [3.8, 4) is 0 Å². The van der Waals surface area contributed by atoms with Crippen molar-refractivity contribution in [2.75, 3.05) is 31.1 Å². The van der Waals surface area contributed by atoms with Crippen molar-refractivity contribution >= 4 is 17.3 Å². The maximum atomic E-state index is 12.4. The number of nitrogens with zero attached hydrogens (tertiary/aromatic N) is 2. The molecule has 0 aliphatic carbocycles. The second-order valence-corrected chi connectivity index (χ2v) is 4.87. The molecule has 1 aromatic carbocycles. The number of nitro groups is 1. The topological polar surface area (TPSA) is 84.7 Å². The first-order valence-electron chi connectivity index (χ1n) is 6.58. The van der Waals surface area contributed by atoms with E-state index in [4.69, 9.17) is 4.74 Å². The summed E-state index contributed by atoms with van der Waals surface area (Å²) >= 11 is 0. The van der Waals surface area contributed by atoms with E-state index in [1.165, 1.54) is 12.1 Å². The normalized spacial score (nSPS) is 21.6. The van der Waals surface area contributed by atoms with Crippen LogP contribution in [0.1, 0.15) is 5.56 Å². The molecule has 3 rings (SSSR count). The van der Waals surface area contributed by atoms with Gasteiger partial charge in [-0.1, -0.05) is 6.07 Å². The number of carbonyl (C=O) groups is 1. The van der Waals surface area contributed by atoms with Crippen molar-refractivity contribution in [1.29, 1.82) is 0 Å². The second-order valence-electron chi connectivity index (χ2n) is 4.87. The van der Waals surface area contributed by atoms with Crippen molar-refractivity contribution in [3.05, 3.63) is 33.9 Å². The third kappa shape index (κ3) is 2.25. The fraction of sp³-hybridized carbons (Fsp3) is 0.462. The van der Waals surface area contributed by atoms with Crippen LogP contribution in [-0.2, 0) is 16.0 Å². The van der Waals surface area contributed by atoms with Crippen molar-refractivity contribution in [3.63, 3.8) is 0 Å². The van der Waals surface area contributed by atoms with Gasteiger partial charge in [-0.15, -0.1) is 0 Å². The van der Waals surface area contributed by atoms with Crippen LogP contribution < -0.4 is 10.2 Å². The van der Waals surface area contributed by atoms with Crippen LogP contribution in [0.2, 0.25) is 0 Å². The van der Waals surface area contributed by atoms with E-state index in [1.807, 2.05) is 0 Å². The van der Waals surface area contributed by atoms with E-state index >= 15 is 0 Å². The lowest BCUT2D eigenvalue weighted by atomic mass is 10.1. The first-order chi connectivity index (χ1) is 9.66. The van der Waals surface area contributed by atoms with Gasteiger partial charge in [0.1, 0.15) is 6.10 Å². The Kier molecular flexibility index (Phi) is 3.37. The van der Waals surface area contributed by atoms with Crippen LogP contribution in [0.4, 0.5) is 11.4 Å². The van der Waals surface area contributed by atoms with Gasteiger partial charge in [-0.25, -0.2) is 0 Å². The summed E-state index contributed by atoms with van der Waals surface area (Å²) in [6.07, 6.45) is 0.216. The van der Waals surface area contributed by atoms with Crippen LogP contribution in [0.5, 0.6) is 0 Å². The van der Waals surface area contributed by atoms with Gasteiger partial charge in [0, 0.05) is 31.8 Å². The summed E-state index contributed by atoms with van der Waals surface area (Å²) in [5.41, 5.74) is 1.61. The predicted molar refractivity (Wildman–Crippen MR) is 71.8 cm³/mol. The molecule has 1 unspecified atom stereocenters.